The Morgan fingerprint density at radius 1 is 1.62 bits per heavy atom. The van der Waals surface area contributed by atoms with Crippen LogP contribution in [0.3, 0.4) is 0 Å². The molecular formula is C12H18N4. The molecule has 1 aliphatic carbocycles. The van der Waals surface area contributed by atoms with Crippen LogP contribution in [-0.4, -0.2) is 15.8 Å². The molecule has 0 aliphatic heterocycles. The first kappa shape index (κ1) is 11.0. The predicted molar refractivity (Wildman–Crippen MR) is 63.0 cm³/mol. The van der Waals surface area contributed by atoms with Crippen molar-refractivity contribution in [3.05, 3.63) is 11.9 Å². The number of nitrogens with one attached hydrogen (secondary N) is 1. The molecule has 1 heterocycles. The molecule has 2 rings (SSSR count). The fourth-order valence-electron chi connectivity index (χ4n) is 2.40. The van der Waals surface area contributed by atoms with E-state index in [0.717, 1.165) is 37.1 Å². The Morgan fingerprint density at radius 3 is 3.12 bits per heavy atom. The lowest BCUT2D eigenvalue weighted by Gasteiger charge is -2.16. The molecule has 4 nitrogen and oxygen atoms in total. The SMILES string of the molecule is CCc1nn(C)cc1NC1CCCC1C#N. The van der Waals surface area contributed by atoms with Crippen molar-refractivity contribution in [1.29, 1.82) is 5.26 Å². The van der Waals surface area contributed by atoms with Gasteiger partial charge in [-0.25, -0.2) is 0 Å². The van der Waals surface area contributed by atoms with Crippen molar-refractivity contribution in [3.63, 3.8) is 0 Å². The molecular weight excluding hydrogens is 200 g/mol. The molecule has 0 spiro atoms. The van der Waals surface area contributed by atoms with Gasteiger partial charge in [-0.2, -0.15) is 10.4 Å². The average Bonchev–Trinajstić information content (AvgIpc) is 2.85. The largest absolute Gasteiger partial charge is 0.378 e. The molecule has 0 saturated heterocycles. The fraction of sp³-hybridized carbons (Fsp3) is 0.667. The highest BCUT2D eigenvalue weighted by Crippen LogP contribution is 2.28. The summed E-state index contributed by atoms with van der Waals surface area (Å²) in [5.74, 6) is 0.157. The van der Waals surface area contributed by atoms with E-state index in [1.807, 2.05) is 17.9 Å². The molecule has 1 fully saturated rings. The zero-order valence-electron chi connectivity index (χ0n) is 9.90. The number of nitriles is 1. The van der Waals surface area contributed by atoms with Crippen LogP contribution in [0.1, 0.15) is 31.9 Å². The van der Waals surface area contributed by atoms with Crippen LogP contribution >= 0.6 is 0 Å². The highest BCUT2D eigenvalue weighted by Gasteiger charge is 2.27. The van der Waals surface area contributed by atoms with Gasteiger partial charge in [0.2, 0.25) is 0 Å². The lowest BCUT2D eigenvalue weighted by Crippen LogP contribution is -2.23. The van der Waals surface area contributed by atoms with Crippen LogP contribution in [0.2, 0.25) is 0 Å². The third-order valence-electron chi connectivity index (χ3n) is 3.26. The Kier molecular flexibility index (Phi) is 3.14. The maximum atomic E-state index is 9.04. The van der Waals surface area contributed by atoms with Gasteiger partial charge in [-0.05, 0) is 25.7 Å². The van der Waals surface area contributed by atoms with Gasteiger partial charge in [0.05, 0.1) is 23.4 Å². The molecule has 4 heteroatoms. The highest BCUT2D eigenvalue weighted by atomic mass is 15.3. The van der Waals surface area contributed by atoms with Crippen molar-refractivity contribution in [2.24, 2.45) is 13.0 Å². The van der Waals surface area contributed by atoms with Gasteiger partial charge in [0.15, 0.2) is 0 Å². The van der Waals surface area contributed by atoms with Gasteiger partial charge >= 0.3 is 0 Å². The van der Waals surface area contributed by atoms with E-state index in [4.69, 9.17) is 5.26 Å². The van der Waals surface area contributed by atoms with Gasteiger partial charge in [0, 0.05) is 19.3 Å². The van der Waals surface area contributed by atoms with E-state index in [1.54, 1.807) is 0 Å². The van der Waals surface area contributed by atoms with Gasteiger partial charge < -0.3 is 5.32 Å². The average molecular weight is 218 g/mol. The van der Waals surface area contributed by atoms with Gasteiger partial charge in [0.25, 0.3) is 0 Å². The molecule has 1 aromatic rings. The first-order valence-corrected chi connectivity index (χ1v) is 5.93. The van der Waals surface area contributed by atoms with Crippen molar-refractivity contribution in [3.8, 4) is 6.07 Å². The van der Waals surface area contributed by atoms with Crippen molar-refractivity contribution in [1.82, 2.24) is 9.78 Å². The molecule has 2 atom stereocenters. The summed E-state index contributed by atoms with van der Waals surface area (Å²) in [5, 5.41) is 16.9. The van der Waals surface area contributed by atoms with Crippen LogP contribution in [0.4, 0.5) is 5.69 Å². The Balaban J connectivity index is 2.11. The first-order valence-electron chi connectivity index (χ1n) is 5.93. The summed E-state index contributed by atoms with van der Waals surface area (Å²) in [6.07, 6.45) is 6.20. The van der Waals surface area contributed by atoms with Crippen molar-refractivity contribution in [2.45, 2.75) is 38.6 Å². The molecule has 0 aromatic carbocycles. The van der Waals surface area contributed by atoms with Gasteiger partial charge in [-0.3, -0.25) is 4.68 Å². The second kappa shape index (κ2) is 4.56. The van der Waals surface area contributed by atoms with Gasteiger partial charge in [0.1, 0.15) is 0 Å². The van der Waals surface area contributed by atoms with Crippen LogP contribution in [0.25, 0.3) is 0 Å². The van der Waals surface area contributed by atoms with E-state index in [9.17, 15) is 0 Å². The zero-order valence-corrected chi connectivity index (χ0v) is 9.90. The molecule has 0 radical (unpaired) electrons. The molecule has 1 N–H and O–H groups in total. The number of hydrogen-bond acceptors (Lipinski definition) is 3. The van der Waals surface area contributed by atoms with E-state index in [1.165, 1.54) is 0 Å². The summed E-state index contributed by atoms with van der Waals surface area (Å²) < 4.78 is 1.83. The third-order valence-corrected chi connectivity index (χ3v) is 3.26. The maximum Gasteiger partial charge on any atom is 0.0853 e. The van der Waals surface area contributed by atoms with E-state index in [-0.39, 0.29) is 5.92 Å². The molecule has 1 aliphatic rings. The topological polar surface area (TPSA) is 53.6 Å². The van der Waals surface area contributed by atoms with E-state index < -0.39 is 0 Å². The third kappa shape index (κ3) is 2.04. The fourth-order valence-corrected chi connectivity index (χ4v) is 2.40. The maximum absolute atomic E-state index is 9.04. The van der Waals surface area contributed by atoms with Crippen molar-refractivity contribution >= 4 is 5.69 Å². The van der Waals surface area contributed by atoms with E-state index in [0.29, 0.717) is 6.04 Å². The Labute approximate surface area is 96.3 Å². The first-order chi connectivity index (χ1) is 7.74. The summed E-state index contributed by atoms with van der Waals surface area (Å²) >= 11 is 0. The minimum atomic E-state index is 0.157. The summed E-state index contributed by atoms with van der Waals surface area (Å²) in [5.41, 5.74) is 2.18. The summed E-state index contributed by atoms with van der Waals surface area (Å²) in [6, 6.07) is 2.69. The number of anilines is 1. The molecule has 2 unspecified atom stereocenters. The normalized spacial score (nSPS) is 24.3. The highest BCUT2D eigenvalue weighted by molar-refractivity contribution is 5.47. The van der Waals surface area contributed by atoms with Gasteiger partial charge in [-0.15, -0.1) is 0 Å². The summed E-state index contributed by atoms with van der Waals surface area (Å²) in [7, 11) is 1.93. The van der Waals surface area contributed by atoms with E-state index in [2.05, 4.69) is 23.4 Å². The zero-order chi connectivity index (χ0) is 11.5. The van der Waals surface area contributed by atoms with Crippen LogP contribution < -0.4 is 5.32 Å². The van der Waals surface area contributed by atoms with Crippen LogP contribution in [0.5, 0.6) is 0 Å². The van der Waals surface area contributed by atoms with Crippen LogP contribution in [0, 0.1) is 17.2 Å². The second-order valence-corrected chi connectivity index (χ2v) is 4.43. The number of aryl methyl sites for hydroxylation is 2. The van der Waals surface area contributed by atoms with Gasteiger partial charge in [-0.1, -0.05) is 6.92 Å². The quantitative estimate of drug-likeness (QED) is 0.845. The number of hydrogen-bond donors (Lipinski definition) is 1. The molecule has 1 saturated carbocycles. The Hall–Kier alpha value is -1.50. The predicted octanol–water partition coefficient (Wildman–Crippen LogP) is 2.09. The number of aromatic nitrogens is 2. The summed E-state index contributed by atoms with van der Waals surface area (Å²) in [6.45, 7) is 2.10. The minimum Gasteiger partial charge on any atom is -0.378 e. The minimum absolute atomic E-state index is 0.157. The monoisotopic (exact) mass is 218 g/mol. The number of rotatable bonds is 3. The molecule has 0 bridgehead atoms. The van der Waals surface area contributed by atoms with Crippen molar-refractivity contribution < 1.29 is 0 Å². The van der Waals surface area contributed by atoms with E-state index >= 15 is 0 Å². The Morgan fingerprint density at radius 2 is 2.44 bits per heavy atom. The second-order valence-electron chi connectivity index (χ2n) is 4.43. The van der Waals surface area contributed by atoms with Crippen LogP contribution in [0.15, 0.2) is 6.20 Å². The summed E-state index contributed by atoms with van der Waals surface area (Å²) in [4.78, 5) is 0. The Bertz CT molecular complexity index is 402. The van der Waals surface area contributed by atoms with Crippen molar-refractivity contribution in [2.75, 3.05) is 5.32 Å². The lowest BCUT2D eigenvalue weighted by atomic mass is 10.1. The standard InChI is InChI=1S/C12H18N4/c1-3-10-12(8-16(2)15-10)14-11-6-4-5-9(11)7-13/h8-9,11,14H,3-6H2,1-2H3. The molecule has 86 valence electrons. The number of nitrogens with zero attached hydrogens (tertiary/aromatic N) is 3. The molecule has 16 heavy (non-hydrogen) atoms. The lowest BCUT2D eigenvalue weighted by molar-refractivity contribution is 0.629. The smallest absolute Gasteiger partial charge is 0.0853 e. The molecule has 0 amide bonds. The van der Waals surface area contributed by atoms with Crippen LogP contribution in [-0.2, 0) is 13.5 Å². The molecule has 1 aromatic heterocycles.